The number of aromatic nitrogens is 1. The van der Waals surface area contributed by atoms with E-state index in [0.717, 1.165) is 10.9 Å². The fraction of sp³-hybridized carbons (Fsp3) is 0.250. The number of pyridine rings is 1. The average Bonchev–Trinajstić information content (AvgIpc) is 2.48. The molecule has 0 saturated heterocycles. The molecule has 1 amide bonds. The largest absolute Gasteiger partial charge is 0.352 e. The Bertz CT molecular complexity index is 572. The molecular formula is C16H17BrN2O. The zero-order valence-electron chi connectivity index (χ0n) is 11.3. The second-order valence-electron chi connectivity index (χ2n) is 4.75. The van der Waals surface area contributed by atoms with Gasteiger partial charge in [-0.15, -0.1) is 0 Å². The van der Waals surface area contributed by atoms with Crippen LogP contribution in [0.15, 0.2) is 53.3 Å². The highest BCUT2D eigenvalue weighted by atomic mass is 79.9. The molecule has 1 heterocycles. The third-order valence-corrected chi connectivity index (χ3v) is 3.63. The summed E-state index contributed by atoms with van der Waals surface area (Å²) in [4.78, 5) is 15.9. The Hall–Kier alpha value is -1.68. The summed E-state index contributed by atoms with van der Waals surface area (Å²) in [5.41, 5.74) is 1.87. The second-order valence-corrected chi connectivity index (χ2v) is 5.66. The smallest absolute Gasteiger partial charge is 0.252 e. The number of amides is 1. The molecule has 0 bridgehead atoms. The quantitative estimate of drug-likeness (QED) is 0.905. The molecule has 0 aliphatic heterocycles. The van der Waals surface area contributed by atoms with Gasteiger partial charge in [0, 0.05) is 23.4 Å². The summed E-state index contributed by atoms with van der Waals surface area (Å²) in [7, 11) is 0. The Balaban J connectivity index is 1.83. The number of carbonyl (C=O) groups excluding carboxylic acids is 1. The first-order valence-electron chi connectivity index (χ1n) is 6.60. The first-order valence-corrected chi connectivity index (χ1v) is 7.40. The van der Waals surface area contributed by atoms with E-state index in [1.54, 1.807) is 18.5 Å². The van der Waals surface area contributed by atoms with Crippen molar-refractivity contribution in [2.24, 2.45) is 0 Å². The molecular weight excluding hydrogens is 316 g/mol. The van der Waals surface area contributed by atoms with Crippen LogP contribution in [-0.4, -0.2) is 17.4 Å². The molecule has 1 N–H and O–H groups in total. The van der Waals surface area contributed by atoms with Crippen molar-refractivity contribution in [2.45, 2.75) is 19.3 Å². The van der Waals surface area contributed by atoms with E-state index >= 15 is 0 Å². The van der Waals surface area contributed by atoms with Crippen LogP contribution in [0.2, 0.25) is 0 Å². The van der Waals surface area contributed by atoms with Crippen LogP contribution in [0.5, 0.6) is 0 Å². The number of hydrogen-bond donors (Lipinski definition) is 1. The lowest BCUT2D eigenvalue weighted by molar-refractivity contribution is 0.0952. The maximum Gasteiger partial charge on any atom is 0.252 e. The van der Waals surface area contributed by atoms with Crippen LogP contribution in [0.4, 0.5) is 0 Å². The van der Waals surface area contributed by atoms with Crippen LogP contribution in [0.25, 0.3) is 0 Å². The molecule has 0 saturated carbocycles. The summed E-state index contributed by atoms with van der Waals surface area (Å²) >= 11 is 3.31. The minimum atomic E-state index is -0.0842. The number of nitrogens with one attached hydrogen (secondary N) is 1. The summed E-state index contributed by atoms with van der Waals surface area (Å²) in [5, 5.41) is 2.93. The van der Waals surface area contributed by atoms with Gasteiger partial charge in [0.15, 0.2) is 0 Å². The highest BCUT2D eigenvalue weighted by Crippen LogP contribution is 2.17. The molecule has 3 nitrogen and oxygen atoms in total. The fourth-order valence-electron chi connectivity index (χ4n) is 1.99. The van der Waals surface area contributed by atoms with Gasteiger partial charge in [0.25, 0.3) is 5.91 Å². The summed E-state index contributed by atoms with van der Waals surface area (Å²) in [6, 6.07) is 12.1. The van der Waals surface area contributed by atoms with Gasteiger partial charge in [0.2, 0.25) is 0 Å². The van der Waals surface area contributed by atoms with Gasteiger partial charge in [-0.25, -0.2) is 0 Å². The number of benzene rings is 1. The Kier molecular flexibility index (Phi) is 5.30. The van der Waals surface area contributed by atoms with E-state index in [1.807, 2.05) is 18.2 Å². The number of carbonyl (C=O) groups is 1. The van der Waals surface area contributed by atoms with Crippen molar-refractivity contribution >= 4 is 21.8 Å². The van der Waals surface area contributed by atoms with Crippen molar-refractivity contribution in [1.29, 1.82) is 0 Å². The van der Waals surface area contributed by atoms with E-state index in [9.17, 15) is 4.79 Å². The molecule has 0 fully saturated rings. The molecule has 0 aliphatic rings. The van der Waals surface area contributed by atoms with E-state index in [2.05, 4.69) is 45.3 Å². The van der Waals surface area contributed by atoms with E-state index in [0.29, 0.717) is 18.0 Å². The maximum absolute atomic E-state index is 11.9. The van der Waals surface area contributed by atoms with Gasteiger partial charge >= 0.3 is 0 Å². The summed E-state index contributed by atoms with van der Waals surface area (Å²) in [6.07, 6.45) is 4.14. The van der Waals surface area contributed by atoms with E-state index in [-0.39, 0.29) is 5.91 Å². The monoisotopic (exact) mass is 332 g/mol. The zero-order chi connectivity index (χ0) is 14.4. The van der Waals surface area contributed by atoms with E-state index in [1.165, 1.54) is 5.56 Å². The van der Waals surface area contributed by atoms with Gasteiger partial charge in [-0.3, -0.25) is 9.78 Å². The Morgan fingerprint density at radius 1 is 1.30 bits per heavy atom. The molecule has 1 unspecified atom stereocenters. The lowest BCUT2D eigenvalue weighted by atomic mass is 9.98. The van der Waals surface area contributed by atoms with Gasteiger partial charge in [-0.2, -0.15) is 0 Å². The molecule has 2 rings (SSSR count). The highest BCUT2D eigenvalue weighted by molar-refractivity contribution is 9.10. The molecule has 1 aromatic heterocycles. The molecule has 4 heteroatoms. The van der Waals surface area contributed by atoms with Crippen LogP contribution in [0.3, 0.4) is 0 Å². The topological polar surface area (TPSA) is 42.0 Å². The third-order valence-electron chi connectivity index (χ3n) is 3.20. The summed E-state index contributed by atoms with van der Waals surface area (Å²) in [6.45, 7) is 2.82. The maximum atomic E-state index is 11.9. The predicted octanol–water partition coefficient (Wildman–Crippen LogP) is 3.77. The number of rotatable bonds is 5. The average molecular weight is 333 g/mol. The van der Waals surface area contributed by atoms with Crippen molar-refractivity contribution in [3.63, 3.8) is 0 Å². The van der Waals surface area contributed by atoms with E-state index < -0.39 is 0 Å². The normalized spacial score (nSPS) is 11.9. The van der Waals surface area contributed by atoms with Gasteiger partial charge in [-0.1, -0.05) is 37.3 Å². The molecule has 1 atom stereocenters. The van der Waals surface area contributed by atoms with Crippen molar-refractivity contribution in [2.75, 3.05) is 6.54 Å². The summed E-state index contributed by atoms with van der Waals surface area (Å²) < 4.78 is 0.808. The van der Waals surface area contributed by atoms with Gasteiger partial charge in [-0.05, 0) is 39.9 Å². The lowest BCUT2D eigenvalue weighted by Gasteiger charge is -2.12. The summed E-state index contributed by atoms with van der Waals surface area (Å²) in [5.74, 6) is 0.344. The van der Waals surface area contributed by atoms with Crippen molar-refractivity contribution in [3.05, 3.63) is 64.4 Å². The van der Waals surface area contributed by atoms with Crippen molar-refractivity contribution < 1.29 is 4.79 Å². The third kappa shape index (κ3) is 4.17. The SMILES string of the molecule is CC(CCNC(=O)c1cncc(Br)c1)c1ccccc1. The highest BCUT2D eigenvalue weighted by Gasteiger charge is 2.08. The minimum Gasteiger partial charge on any atom is -0.352 e. The molecule has 2 aromatic rings. The molecule has 1 aromatic carbocycles. The molecule has 20 heavy (non-hydrogen) atoms. The number of halogens is 1. The van der Waals surface area contributed by atoms with Gasteiger partial charge in [0.05, 0.1) is 5.56 Å². The number of hydrogen-bond acceptors (Lipinski definition) is 2. The fourth-order valence-corrected chi connectivity index (χ4v) is 2.35. The van der Waals surface area contributed by atoms with Crippen molar-refractivity contribution in [1.82, 2.24) is 10.3 Å². The standard InChI is InChI=1S/C16H17BrN2O/c1-12(13-5-3-2-4-6-13)7-8-19-16(20)14-9-15(17)11-18-10-14/h2-6,9-12H,7-8H2,1H3,(H,19,20). The molecule has 0 spiro atoms. The first kappa shape index (κ1) is 14.7. The molecule has 104 valence electrons. The Morgan fingerprint density at radius 3 is 2.75 bits per heavy atom. The Labute approximate surface area is 127 Å². The lowest BCUT2D eigenvalue weighted by Crippen LogP contribution is -2.25. The van der Waals surface area contributed by atoms with Crippen LogP contribution in [-0.2, 0) is 0 Å². The molecule has 0 aliphatic carbocycles. The van der Waals surface area contributed by atoms with Crippen molar-refractivity contribution in [3.8, 4) is 0 Å². The van der Waals surface area contributed by atoms with Gasteiger partial charge < -0.3 is 5.32 Å². The van der Waals surface area contributed by atoms with Crippen LogP contribution < -0.4 is 5.32 Å². The number of nitrogens with zero attached hydrogens (tertiary/aromatic N) is 1. The van der Waals surface area contributed by atoms with Crippen LogP contribution in [0, 0.1) is 0 Å². The van der Waals surface area contributed by atoms with Crippen LogP contribution >= 0.6 is 15.9 Å². The minimum absolute atomic E-state index is 0.0842. The van der Waals surface area contributed by atoms with Gasteiger partial charge in [0.1, 0.15) is 0 Å². The molecule has 0 radical (unpaired) electrons. The predicted molar refractivity (Wildman–Crippen MR) is 83.7 cm³/mol. The second kappa shape index (κ2) is 7.20. The zero-order valence-corrected chi connectivity index (χ0v) is 12.9. The Morgan fingerprint density at radius 2 is 2.05 bits per heavy atom. The van der Waals surface area contributed by atoms with Crippen LogP contribution in [0.1, 0.15) is 35.2 Å². The van der Waals surface area contributed by atoms with E-state index in [4.69, 9.17) is 0 Å². The first-order chi connectivity index (χ1) is 9.66.